The van der Waals surface area contributed by atoms with Gasteiger partial charge in [0.15, 0.2) is 0 Å². The van der Waals surface area contributed by atoms with E-state index >= 15 is 0 Å². The normalized spacial score (nSPS) is 18.9. The summed E-state index contributed by atoms with van der Waals surface area (Å²) < 4.78 is 0. The third-order valence-corrected chi connectivity index (χ3v) is 5.89. The SMILES string of the molecule is O=C(CN1CCN(C(=O)Nc2ccc(Cl)c(Cl)c2)CC1)N1CCCCCC1. The lowest BCUT2D eigenvalue weighted by Gasteiger charge is -2.35. The molecule has 3 rings (SSSR count). The van der Waals surface area contributed by atoms with Gasteiger partial charge in [0.1, 0.15) is 0 Å². The summed E-state index contributed by atoms with van der Waals surface area (Å²) in [7, 11) is 0. The van der Waals surface area contributed by atoms with Gasteiger partial charge in [-0.3, -0.25) is 9.69 Å². The molecule has 8 heteroatoms. The smallest absolute Gasteiger partial charge is 0.321 e. The van der Waals surface area contributed by atoms with Crippen LogP contribution in [0.15, 0.2) is 18.2 Å². The Morgan fingerprint density at radius 3 is 2.15 bits per heavy atom. The van der Waals surface area contributed by atoms with Gasteiger partial charge < -0.3 is 15.1 Å². The van der Waals surface area contributed by atoms with Gasteiger partial charge in [0.2, 0.25) is 5.91 Å². The van der Waals surface area contributed by atoms with Crippen molar-refractivity contribution in [1.29, 1.82) is 0 Å². The van der Waals surface area contributed by atoms with Crippen molar-refractivity contribution in [2.45, 2.75) is 25.7 Å². The van der Waals surface area contributed by atoms with Crippen LogP contribution in [-0.2, 0) is 4.79 Å². The molecular formula is C19H26Cl2N4O2. The molecule has 148 valence electrons. The number of anilines is 1. The van der Waals surface area contributed by atoms with Crippen molar-refractivity contribution < 1.29 is 9.59 Å². The Morgan fingerprint density at radius 2 is 1.52 bits per heavy atom. The largest absolute Gasteiger partial charge is 0.342 e. The lowest BCUT2D eigenvalue weighted by Crippen LogP contribution is -2.52. The molecule has 2 heterocycles. The average molecular weight is 413 g/mol. The molecule has 0 unspecified atom stereocenters. The molecule has 1 aromatic carbocycles. The maximum Gasteiger partial charge on any atom is 0.321 e. The minimum absolute atomic E-state index is 0.160. The van der Waals surface area contributed by atoms with Crippen molar-refractivity contribution in [3.8, 4) is 0 Å². The van der Waals surface area contributed by atoms with Crippen LogP contribution in [-0.4, -0.2) is 72.5 Å². The number of halogens is 2. The molecule has 2 saturated heterocycles. The number of carbonyl (C=O) groups excluding carboxylic acids is 2. The van der Waals surface area contributed by atoms with Crippen LogP contribution in [0.5, 0.6) is 0 Å². The zero-order valence-corrected chi connectivity index (χ0v) is 16.9. The van der Waals surface area contributed by atoms with Crippen LogP contribution in [0.4, 0.5) is 10.5 Å². The molecule has 2 aliphatic rings. The van der Waals surface area contributed by atoms with Gasteiger partial charge in [-0.25, -0.2) is 4.79 Å². The molecule has 2 aliphatic heterocycles. The van der Waals surface area contributed by atoms with Gasteiger partial charge >= 0.3 is 6.03 Å². The lowest BCUT2D eigenvalue weighted by molar-refractivity contribution is -0.132. The van der Waals surface area contributed by atoms with Crippen LogP contribution in [0.1, 0.15) is 25.7 Å². The van der Waals surface area contributed by atoms with Crippen molar-refractivity contribution in [2.75, 3.05) is 51.1 Å². The van der Waals surface area contributed by atoms with E-state index in [9.17, 15) is 9.59 Å². The fourth-order valence-corrected chi connectivity index (χ4v) is 3.79. The van der Waals surface area contributed by atoms with E-state index in [1.807, 2.05) is 4.90 Å². The molecule has 0 bridgehead atoms. The molecular weight excluding hydrogens is 387 g/mol. The predicted octanol–water partition coefficient (Wildman–Crippen LogP) is 3.55. The third-order valence-electron chi connectivity index (χ3n) is 5.15. The number of nitrogens with one attached hydrogen (secondary N) is 1. The maximum absolute atomic E-state index is 12.5. The minimum Gasteiger partial charge on any atom is -0.342 e. The number of rotatable bonds is 3. The van der Waals surface area contributed by atoms with E-state index in [0.29, 0.717) is 48.5 Å². The first-order chi connectivity index (χ1) is 13.0. The molecule has 6 nitrogen and oxygen atoms in total. The predicted molar refractivity (Wildman–Crippen MR) is 109 cm³/mol. The first-order valence-corrected chi connectivity index (χ1v) is 10.3. The van der Waals surface area contributed by atoms with Gasteiger partial charge in [-0.1, -0.05) is 36.0 Å². The number of carbonyl (C=O) groups is 2. The molecule has 0 saturated carbocycles. The van der Waals surface area contributed by atoms with E-state index in [-0.39, 0.29) is 11.9 Å². The van der Waals surface area contributed by atoms with Crippen molar-refractivity contribution in [3.63, 3.8) is 0 Å². The lowest BCUT2D eigenvalue weighted by atomic mass is 10.2. The number of amides is 3. The Kier molecular flexibility index (Phi) is 7.21. The van der Waals surface area contributed by atoms with E-state index in [0.717, 1.165) is 25.9 Å². The first kappa shape index (κ1) is 20.2. The zero-order chi connectivity index (χ0) is 19.2. The summed E-state index contributed by atoms with van der Waals surface area (Å²) >= 11 is 11.9. The van der Waals surface area contributed by atoms with E-state index in [1.165, 1.54) is 12.8 Å². The van der Waals surface area contributed by atoms with E-state index < -0.39 is 0 Å². The molecule has 1 N–H and O–H groups in total. The van der Waals surface area contributed by atoms with Crippen LogP contribution in [0, 0.1) is 0 Å². The summed E-state index contributed by atoms with van der Waals surface area (Å²) in [5.41, 5.74) is 0.619. The highest BCUT2D eigenvalue weighted by Crippen LogP contribution is 2.25. The minimum atomic E-state index is -0.160. The first-order valence-electron chi connectivity index (χ1n) is 9.54. The zero-order valence-electron chi connectivity index (χ0n) is 15.4. The Morgan fingerprint density at radius 1 is 0.852 bits per heavy atom. The highest BCUT2D eigenvalue weighted by Gasteiger charge is 2.24. The fraction of sp³-hybridized carbons (Fsp3) is 0.579. The number of hydrogen-bond acceptors (Lipinski definition) is 3. The van der Waals surface area contributed by atoms with Crippen molar-refractivity contribution in [3.05, 3.63) is 28.2 Å². The number of hydrogen-bond donors (Lipinski definition) is 1. The van der Waals surface area contributed by atoms with Gasteiger partial charge in [-0.15, -0.1) is 0 Å². The molecule has 0 aromatic heterocycles. The standard InChI is InChI=1S/C19H26Cl2N4O2/c20-16-6-5-15(13-17(16)21)22-19(27)25-11-9-23(10-12-25)14-18(26)24-7-3-1-2-4-8-24/h5-6,13H,1-4,7-12,14H2,(H,22,27). The second kappa shape index (κ2) is 9.62. The fourth-order valence-electron chi connectivity index (χ4n) is 3.50. The summed E-state index contributed by atoms with van der Waals surface area (Å²) in [6, 6.07) is 4.86. The van der Waals surface area contributed by atoms with Gasteiger partial charge in [0.05, 0.1) is 16.6 Å². The van der Waals surface area contributed by atoms with Gasteiger partial charge in [0, 0.05) is 45.0 Å². The van der Waals surface area contributed by atoms with Crippen molar-refractivity contribution in [1.82, 2.24) is 14.7 Å². The second-order valence-electron chi connectivity index (χ2n) is 7.12. The summed E-state index contributed by atoms with van der Waals surface area (Å²) in [6.07, 6.45) is 4.65. The Balaban J connectivity index is 1.44. The summed E-state index contributed by atoms with van der Waals surface area (Å²) in [6.45, 7) is 4.81. The van der Waals surface area contributed by atoms with Crippen LogP contribution in [0.25, 0.3) is 0 Å². The Hall–Kier alpha value is -1.50. The Labute approximate surface area is 170 Å². The molecule has 2 fully saturated rings. The number of nitrogens with zero attached hydrogens (tertiary/aromatic N) is 3. The highest BCUT2D eigenvalue weighted by atomic mass is 35.5. The van der Waals surface area contributed by atoms with Crippen LogP contribution < -0.4 is 5.32 Å². The third kappa shape index (κ3) is 5.74. The van der Waals surface area contributed by atoms with Crippen molar-refractivity contribution >= 4 is 40.8 Å². The van der Waals surface area contributed by atoms with E-state index in [1.54, 1.807) is 23.1 Å². The summed E-state index contributed by atoms with van der Waals surface area (Å²) in [5.74, 6) is 0.214. The van der Waals surface area contributed by atoms with Gasteiger partial charge in [-0.2, -0.15) is 0 Å². The number of piperazine rings is 1. The molecule has 0 atom stereocenters. The number of likely N-dealkylation sites (tertiary alicyclic amines) is 1. The molecule has 1 aromatic rings. The van der Waals surface area contributed by atoms with Crippen molar-refractivity contribution in [2.24, 2.45) is 0 Å². The quantitative estimate of drug-likeness (QED) is 0.825. The van der Waals surface area contributed by atoms with E-state index in [4.69, 9.17) is 23.2 Å². The number of urea groups is 1. The highest BCUT2D eigenvalue weighted by molar-refractivity contribution is 6.42. The molecule has 27 heavy (non-hydrogen) atoms. The van der Waals surface area contributed by atoms with Gasteiger partial charge in [-0.05, 0) is 31.0 Å². The second-order valence-corrected chi connectivity index (χ2v) is 7.93. The van der Waals surface area contributed by atoms with E-state index in [2.05, 4.69) is 10.2 Å². The number of benzene rings is 1. The van der Waals surface area contributed by atoms with Gasteiger partial charge in [0.25, 0.3) is 0 Å². The van der Waals surface area contributed by atoms with Crippen LogP contribution >= 0.6 is 23.2 Å². The molecule has 3 amide bonds. The molecule has 0 radical (unpaired) electrons. The topological polar surface area (TPSA) is 55.9 Å². The summed E-state index contributed by atoms with van der Waals surface area (Å²) in [5, 5.41) is 3.71. The molecule has 0 spiro atoms. The Bertz CT molecular complexity index is 670. The summed E-state index contributed by atoms with van der Waals surface area (Å²) in [4.78, 5) is 30.8. The van der Waals surface area contributed by atoms with Crippen LogP contribution in [0.2, 0.25) is 10.0 Å². The maximum atomic E-state index is 12.5. The molecule has 0 aliphatic carbocycles. The monoisotopic (exact) mass is 412 g/mol. The van der Waals surface area contributed by atoms with Crippen LogP contribution in [0.3, 0.4) is 0 Å². The average Bonchev–Trinajstić information content (AvgIpc) is 2.95.